The Bertz CT molecular complexity index is 364. The van der Waals surface area contributed by atoms with Gasteiger partial charge in [-0.25, -0.2) is 0 Å². The first-order valence-electron chi connectivity index (χ1n) is 6.19. The summed E-state index contributed by atoms with van der Waals surface area (Å²) in [6.07, 6.45) is 0.920. The second-order valence-electron chi connectivity index (χ2n) is 4.99. The summed E-state index contributed by atoms with van der Waals surface area (Å²) < 4.78 is 0. The zero-order chi connectivity index (χ0) is 12.3. The number of carbonyl (C=O) groups excluding carboxylic acids is 1. The van der Waals surface area contributed by atoms with Crippen LogP contribution in [-0.2, 0) is 11.2 Å². The standard InChI is InChI=1S/C13H20N2OS/c1-9-6-14-7-12(9)13(16)15-10(2)5-11-3-4-17-8-11/h3-4,8-10,12,14H,5-7H2,1-2H3,(H,15,16). The summed E-state index contributed by atoms with van der Waals surface area (Å²) >= 11 is 1.70. The van der Waals surface area contributed by atoms with Crippen molar-refractivity contribution in [2.75, 3.05) is 13.1 Å². The Morgan fingerprint density at radius 1 is 1.65 bits per heavy atom. The number of hydrogen-bond acceptors (Lipinski definition) is 3. The van der Waals surface area contributed by atoms with Gasteiger partial charge in [-0.3, -0.25) is 4.79 Å². The maximum absolute atomic E-state index is 12.0. The number of rotatable bonds is 4. The lowest BCUT2D eigenvalue weighted by atomic mass is 9.97. The van der Waals surface area contributed by atoms with Gasteiger partial charge in [-0.15, -0.1) is 0 Å². The van der Waals surface area contributed by atoms with Crippen LogP contribution in [0.5, 0.6) is 0 Å². The molecule has 2 N–H and O–H groups in total. The number of amides is 1. The van der Waals surface area contributed by atoms with E-state index >= 15 is 0 Å². The average molecular weight is 252 g/mol. The van der Waals surface area contributed by atoms with E-state index in [1.807, 2.05) is 0 Å². The minimum absolute atomic E-state index is 0.139. The van der Waals surface area contributed by atoms with Crippen LogP contribution in [-0.4, -0.2) is 25.0 Å². The summed E-state index contributed by atoms with van der Waals surface area (Å²) in [5.41, 5.74) is 1.31. The van der Waals surface area contributed by atoms with Gasteiger partial charge in [0.1, 0.15) is 0 Å². The Morgan fingerprint density at radius 3 is 3.06 bits per heavy atom. The van der Waals surface area contributed by atoms with Crippen LogP contribution in [0.2, 0.25) is 0 Å². The van der Waals surface area contributed by atoms with Crippen molar-refractivity contribution in [3.63, 3.8) is 0 Å². The summed E-state index contributed by atoms with van der Waals surface area (Å²) in [5, 5.41) is 10.6. The molecule has 94 valence electrons. The van der Waals surface area contributed by atoms with Crippen LogP contribution in [0.4, 0.5) is 0 Å². The zero-order valence-electron chi connectivity index (χ0n) is 10.4. The first-order chi connectivity index (χ1) is 8.16. The van der Waals surface area contributed by atoms with E-state index in [9.17, 15) is 4.79 Å². The monoisotopic (exact) mass is 252 g/mol. The molecule has 0 bridgehead atoms. The van der Waals surface area contributed by atoms with Gasteiger partial charge in [0, 0.05) is 12.6 Å². The van der Waals surface area contributed by atoms with Crippen molar-refractivity contribution in [1.29, 1.82) is 0 Å². The Hall–Kier alpha value is -0.870. The van der Waals surface area contributed by atoms with Gasteiger partial charge in [-0.05, 0) is 48.2 Å². The summed E-state index contributed by atoms with van der Waals surface area (Å²) in [6, 6.07) is 2.33. The maximum Gasteiger partial charge on any atom is 0.224 e. The van der Waals surface area contributed by atoms with Gasteiger partial charge in [-0.2, -0.15) is 11.3 Å². The molecule has 0 spiro atoms. The lowest BCUT2D eigenvalue weighted by Gasteiger charge is -2.18. The van der Waals surface area contributed by atoms with E-state index in [2.05, 4.69) is 41.3 Å². The molecule has 3 atom stereocenters. The van der Waals surface area contributed by atoms with E-state index in [0.29, 0.717) is 5.92 Å². The molecule has 3 nitrogen and oxygen atoms in total. The summed E-state index contributed by atoms with van der Waals surface area (Å²) in [5.74, 6) is 0.786. The molecule has 17 heavy (non-hydrogen) atoms. The fourth-order valence-corrected chi connectivity index (χ4v) is 3.01. The molecule has 1 aliphatic rings. The lowest BCUT2D eigenvalue weighted by Crippen LogP contribution is -2.40. The van der Waals surface area contributed by atoms with Gasteiger partial charge >= 0.3 is 0 Å². The molecule has 1 aromatic heterocycles. The zero-order valence-corrected chi connectivity index (χ0v) is 11.2. The first kappa shape index (κ1) is 12.6. The highest BCUT2D eigenvalue weighted by molar-refractivity contribution is 7.07. The van der Waals surface area contributed by atoms with Gasteiger partial charge in [0.05, 0.1) is 5.92 Å². The predicted octanol–water partition coefficient (Wildman–Crippen LogP) is 1.65. The van der Waals surface area contributed by atoms with E-state index in [0.717, 1.165) is 19.5 Å². The van der Waals surface area contributed by atoms with Gasteiger partial charge < -0.3 is 10.6 Å². The number of hydrogen-bond donors (Lipinski definition) is 2. The topological polar surface area (TPSA) is 41.1 Å². The minimum Gasteiger partial charge on any atom is -0.353 e. The fraction of sp³-hybridized carbons (Fsp3) is 0.615. The van der Waals surface area contributed by atoms with Crippen molar-refractivity contribution in [2.24, 2.45) is 11.8 Å². The number of carbonyl (C=O) groups is 1. The second kappa shape index (κ2) is 5.65. The van der Waals surface area contributed by atoms with E-state index < -0.39 is 0 Å². The molecule has 2 heterocycles. The highest BCUT2D eigenvalue weighted by Crippen LogP contribution is 2.16. The highest BCUT2D eigenvalue weighted by atomic mass is 32.1. The highest BCUT2D eigenvalue weighted by Gasteiger charge is 2.29. The Kier molecular flexibility index (Phi) is 4.18. The quantitative estimate of drug-likeness (QED) is 0.855. The van der Waals surface area contributed by atoms with Crippen molar-refractivity contribution in [3.8, 4) is 0 Å². The van der Waals surface area contributed by atoms with Crippen LogP contribution in [0.1, 0.15) is 19.4 Å². The van der Waals surface area contributed by atoms with Crippen LogP contribution < -0.4 is 10.6 Å². The molecule has 1 aliphatic heterocycles. The smallest absolute Gasteiger partial charge is 0.224 e. The molecular weight excluding hydrogens is 232 g/mol. The summed E-state index contributed by atoms with van der Waals surface area (Å²) in [6.45, 7) is 5.98. The van der Waals surface area contributed by atoms with Crippen LogP contribution in [0, 0.1) is 11.8 Å². The third-order valence-corrected chi connectivity index (χ3v) is 4.10. The molecule has 2 rings (SSSR count). The molecule has 0 saturated carbocycles. The second-order valence-corrected chi connectivity index (χ2v) is 5.77. The van der Waals surface area contributed by atoms with Crippen LogP contribution in [0.25, 0.3) is 0 Å². The molecule has 1 fully saturated rings. The first-order valence-corrected chi connectivity index (χ1v) is 7.13. The van der Waals surface area contributed by atoms with Gasteiger partial charge in [-0.1, -0.05) is 6.92 Å². The van der Waals surface area contributed by atoms with Crippen LogP contribution in [0.3, 0.4) is 0 Å². The SMILES string of the molecule is CC(Cc1ccsc1)NC(=O)C1CNCC1C. The van der Waals surface area contributed by atoms with Gasteiger partial charge in [0.25, 0.3) is 0 Å². The molecule has 3 unspecified atom stereocenters. The van der Waals surface area contributed by atoms with Gasteiger partial charge in [0.2, 0.25) is 5.91 Å². The molecular formula is C13H20N2OS. The molecule has 0 radical (unpaired) electrons. The normalized spacial score (nSPS) is 25.8. The number of thiophene rings is 1. The van der Waals surface area contributed by atoms with Crippen molar-refractivity contribution in [1.82, 2.24) is 10.6 Å². The Balaban J connectivity index is 1.82. The molecule has 4 heteroatoms. The Morgan fingerprint density at radius 2 is 2.47 bits per heavy atom. The van der Waals surface area contributed by atoms with Crippen molar-refractivity contribution in [2.45, 2.75) is 26.3 Å². The van der Waals surface area contributed by atoms with Crippen LogP contribution in [0.15, 0.2) is 16.8 Å². The van der Waals surface area contributed by atoms with E-state index in [-0.39, 0.29) is 17.9 Å². The van der Waals surface area contributed by atoms with Crippen molar-refractivity contribution < 1.29 is 4.79 Å². The van der Waals surface area contributed by atoms with E-state index in [1.165, 1.54) is 5.56 Å². The van der Waals surface area contributed by atoms with Gasteiger partial charge in [0.15, 0.2) is 0 Å². The molecule has 0 aliphatic carbocycles. The van der Waals surface area contributed by atoms with E-state index in [1.54, 1.807) is 11.3 Å². The predicted molar refractivity (Wildman–Crippen MR) is 71.2 cm³/mol. The molecule has 1 amide bonds. The summed E-state index contributed by atoms with van der Waals surface area (Å²) in [4.78, 5) is 12.0. The third-order valence-electron chi connectivity index (χ3n) is 3.36. The largest absolute Gasteiger partial charge is 0.353 e. The molecule has 1 aromatic rings. The van der Waals surface area contributed by atoms with Crippen LogP contribution >= 0.6 is 11.3 Å². The molecule has 0 aromatic carbocycles. The Labute approximate surface area is 107 Å². The minimum atomic E-state index is 0.139. The fourth-order valence-electron chi connectivity index (χ4n) is 2.32. The average Bonchev–Trinajstić information content (AvgIpc) is 2.88. The van der Waals surface area contributed by atoms with Crippen molar-refractivity contribution in [3.05, 3.63) is 22.4 Å². The third kappa shape index (κ3) is 3.30. The van der Waals surface area contributed by atoms with Crippen molar-refractivity contribution >= 4 is 17.2 Å². The maximum atomic E-state index is 12.0. The number of nitrogens with one attached hydrogen (secondary N) is 2. The van der Waals surface area contributed by atoms with E-state index in [4.69, 9.17) is 0 Å². The lowest BCUT2D eigenvalue weighted by molar-refractivity contribution is -0.126. The molecule has 1 saturated heterocycles. The summed E-state index contributed by atoms with van der Waals surface area (Å²) in [7, 11) is 0.